The number of nitrogens with one attached hydrogen (secondary N) is 1. The van der Waals surface area contributed by atoms with E-state index in [1.165, 1.54) is 11.8 Å². The van der Waals surface area contributed by atoms with Gasteiger partial charge in [-0.15, -0.1) is 27.1 Å². The number of aromatic hydroxyl groups is 1. The van der Waals surface area contributed by atoms with E-state index in [2.05, 4.69) is 37.6 Å². The highest BCUT2D eigenvalue weighted by molar-refractivity contribution is 7.98. The van der Waals surface area contributed by atoms with E-state index in [0.29, 0.717) is 23.6 Å². The highest BCUT2D eigenvalue weighted by atomic mass is 32.2. The quantitative estimate of drug-likeness (QED) is 0.526. The first-order valence-electron chi connectivity index (χ1n) is 11.3. The number of halogens is 1. The number of benzene rings is 1. The van der Waals surface area contributed by atoms with Gasteiger partial charge in [0, 0.05) is 23.7 Å². The summed E-state index contributed by atoms with van der Waals surface area (Å²) in [6.45, 7) is 4.13. The minimum Gasteiger partial charge on any atom is -0.507 e. The highest BCUT2D eigenvalue weighted by Gasteiger charge is 2.56. The Hall–Kier alpha value is -2.85. The van der Waals surface area contributed by atoms with Crippen molar-refractivity contribution in [3.63, 3.8) is 0 Å². The minimum atomic E-state index is -1.03. The number of fused-ring (bicyclic) bond motifs is 2. The third-order valence-electron chi connectivity index (χ3n) is 7.21. The maximum atomic E-state index is 15.4. The molecule has 10 heteroatoms. The lowest BCUT2D eigenvalue weighted by Gasteiger charge is -2.47. The first kappa shape index (κ1) is 22.9. The van der Waals surface area contributed by atoms with Crippen LogP contribution in [0.1, 0.15) is 33.1 Å². The second-order valence-electron chi connectivity index (χ2n) is 9.75. The number of aromatic nitrogens is 5. The molecule has 2 aromatic heterocycles. The summed E-state index contributed by atoms with van der Waals surface area (Å²) in [5, 5.41) is 31.6. The van der Waals surface area contributed by atoms with Crippen molar-refractivity contribution in [2.24, 2.45) is 0 Å². The molecular weight excluding hydrogens is 453 g/mol. The number of alkyl halides is 1. The van der Waals surface area contributed by atoms with Gasteiger partial charge in [-0.2, -0.15) is 5.10 Å². The molecule has 2 aliphatic heterocycles. The van der Waals surface area contributed by atoms with E-state index < -0.39 is 11.7 Å². The highest BCUT2D eigenvalue weighted by Crippen LogP contribution is 2.45. The topological polar surface area (TPSA) is 100.0 Å². The molecule has 2 saturated heterocycles. The molecule has 0 unspecified atom stereocenters. The van der Waals surface area contributed by atoms with Crippen LogP contribution in [0.3, 0.4) is 0 Å². The molecule has 4 atom stereocenters. The Bertz CT molecular complexity index is 1210. The predicted molar refractivity (Wildman–Crippen MR) is 131 cm³/mol. The van der Waals surface area contributed by atoms with E-state index in [0.717, 1.165) is 29.0 Å². The van der Waals surface area contributed by atoms with Gasteiger partial charge in [0.25, 0.3) is 0 Å². The first-order valence-corrected chi connectivity index (χ1v) is 12.5. The van der Waals surface area contributed by atoms with Gasteiger partial charge in [-0.05, 0) is 63.1 Å². The fourth-order valence-electron chi connectivity index (χ4n) is 5.26. The summed E-state index contributed by atoms with van der Waals surface area (Å²) in [4.78, 5) is 6.28. The van der Waals surface area contributed by atoms with Crippen LogP contribution >= 0.6 is 11.8 Å². The molecule has 5 rings (SSSR count). The largest absolute Gasteiger partial charge is 0.507 e. The van der Waals surface area contributed by atoms with Crippen molar-refractivity contribution in [2.75, 3.05) is 18.2 Å². The Morgan fingerprint density at radius 3 is 2.65 bits per heavy atom. The minimum absolute atomic E-state index is 0.0440. The molecule has 0 saturated carbocycles. The number of phenolic OH excluding ortho intramolecular Hbond substituents is 1. The van der Waals surface area contributed by atoms with Crippen molar-refractivity contribution < 1.29 is 9.50 Å². The van der Waals surface area contributed by atoms with E-state index in [-0.39, 0.29) is 17.3 Å². The maximum absolute atomic E-state index is 15.4. The molecule has 0 radical (unpaired) electrons. The van der Waals surface area contributed by atoms with Crippen molar-refractivity contribution in [1.29, 1.82) is 0 Å². The number of rotatable bonds is 5. The van der Waals surface area contributed by atoms with Gasteiger partial charge in [0.15, 0.2) is 11.6 Å². The molecule has 34 heavy (non-hydrogen) atoms. The van der Waals surface area contributed by atoms with Crippen molar-refractivity contribution >= 4 is 17.6 Å². The third kappa shape index (κ3) is 3.98. The molecule has 2 fully saturated rings. The average molecular weight is 482 g/mol. The first-order chi connectivity index (χ1) is 16.2. The number of thioether (sulfide) groups is 1. The summed E-state index contributed by atoms with van der Waals surface area (Å²) in [7, 11) is 1.85. The summed E-state index contributed by atoms with van der Waals surface area (Å²) >= 11 is 1.50. The standard InChI is InChI=1S/C24H28FN7OS/c1-23-7-8-24(2,31-23)21(25)17(11-23)32(3)19-13-26-22(30-28-19)16-6-5-14(9-18(16)33)15-10-20(34-4)29-27-12-15/h5-6,9-10,12-13,17,21,31,33H,7-8,11H2,1-4H3/t17-,21-,23-,24+/m1/s1. The molecule has 8 nitrogen and oxygen atoms in total. The number of hydrogen-bond acceptors (Lipinski definition) is 9. The van der Waals surface area contributed by atoms with Crippen LogP contribution in [0.5, 0.6) is 5.75 Å². The van der Waals surface area contributed by atoms with Crippen molar-refractivity contribution in [3.05, 3.63) is 36.7 Å². The van der Waals surface area contributed by atoms with Gasteiger partial charge in [-0.25, -0.2) is 9.37 Å². The van der Waals surface area contributed by atoms with Crippen LogP contribution in [0.25, 0.3) is 22.5 Å². The summed E-state index contributed by atoms with van der Waals surface area (Å²) < 4.78 is 15.4. The van der Waals surface area contributed by atoms with Gasteiger partial charge >= 0.3 is 0 Å². The van der Waals surface area contributed by atoms with Crippen LogP contribution in [0.4, 0.5) is 10.2 Å². The van der Waals surface area contributed by atoms with Crippen LogP contribution in [0, 0.1) is 0 Å². The summed E-state index contributed by atoms with van der Waals surface area (Å²) in [5.41, 5.74) is 1.54. The zero-order chi connectivity index (χ0) is 24.1. The van der Waals surface area contributed by atoms with E-state index in [1.807, 2.05) is 37.3 Å². The Morgan fingerprint density at radius 1 is 1.12 bits per heavy atom. The Kier molecular flexibility index (Phi) is 5.68. The lowest BCUT2D eigenvalue weighted by Crippen LogP contribution is -2.65. The Balaban J connectivity index is 1.37. The van der Waals surface area contributed by atoms with Crippen molar-refractivity contribution in [2.45, 2.75) is 61.4 Å². The molecule has 178 valence electrons. The molecule has 2 bridgehead atoms. The monoisotopic (exact) mass is 481 g/mol. The molecule has 0 aliphatic carbocycles. The van der Waals surface area contributed by atoms with Crippen LogP contribution in [0.15, 0.2) is 41.7 Å². The van der Waals surface area contributed by atoms with Gasteiger partial charge in [0.1, 0.15) is 16.9 Å². The zero-order valence-electron chi connectivity index (χ0n) is 19.7. The van der Waals surface area contributed by atoms with Crippen molar-refractivity contribution in [3.8, 4) is 28.3 Å². The number of anilines is 1. The fourth-order valence-corrected chi connectivity index (χ4v) is 5.64. The lowest BCUT2D eigenvalue weighted by atomic mass is 9.82. The zero-order valence-corrected chi connectivity index (χ0v) is 20.5. The van der Waals surface area contributed by atoms with E-state index in [4.69, 9.17) is 0 Å². The number of nitrogens with zero attached hydrogens (tertiary/aromatic N) is 6. The van der Waals surface area contributed by atoms with Crippen LogP contribution in [-0.2, 0) is 0 Å². The third-order valence-corrected chi connectivity index (χ3v) is 7.83. The second-order valence-corrected chi connectivity index (χ2v) is 10.6. The second kappa shape index (κ2) is 8.42. The summed E-state index contributed by atoms with van der Waals surface area (Å²) in [6, 6.07) is 6.89. The summed E-state index contributed by atoms with van der Waals surface area (Å²) in [6.07, 6.45) is 6.62. The van der Waals surface area contributed by atoms with Gasteiger partial charge < -0.3 is 15.3 Å². The smallest absolute Gasteiger partial charge is 0.185 e. The SMILES string of the molecule is CSc1cc(-c2ccc(-c3ncc(N(C)[C@@H]4C[C@@]5(C)CC[C@](C)(N5)[C@@H]4F)nn3)c(O)c2)cnn1. The molecule has 3 aromatic rings. The average Bonchev–Trinajstić information content (AvgIpc) is 3.12. The molecule has 1 aromatic carbocycles. The molecule has 2 N–H and O–H groups in total. The van der Waals surface area contributed by atoms with Crippen LogP contribution in [0.2, 0.25) is 0 Å². The van der Waals surface area contributed by atoms with Gasteiger partial charge in [-0.3, -0.25) is 0 Å². The van der Waals surface area contributed by atoms with E-state index >= 15 is 4.39 Å². The Labute approximate surface area is 202 Å². The number of piperidine rings is 1. The number of hydrogen-bond donors (Lipinski definition) is 2. The molecular formula is C24H28FN7OS. The van der Waals surface area contributed by atoms with Gasteiger partial charge in [0.05, 0.1) is 24.0 Å². The van der Waals surface area contributed by atoms with Crippen LogP contribution in [-0.4, -0.2) is 67.1 Å². The molecule has 4 heterocycles. The van der Waals surface area contributed by atoms with Gasteiger partial charge in [-0.1, -0.05) is 6.07 Å². The Morgan fingerprint density at radius 2 is 1.94 bits per heavy atom. The molecule has 2 aliphatic rings. The van der Waals surface area contributed by atoms with E-state index in [9.17, 15) is 5.11 Å². The van der Waals surface area contributed by atoms with Crippen molar-refractivity contribution in [1.82, 2.24) is 30.7 Å². The lowest BCUT2D eigenvalue weighted by molar-refractivity contribution is 0.0859. The number of phenols is 1. The molecule has 0 amide bonds. The fraction of sp³-hybridized carbons (Fsp3) is 0.458. The normalized spacial score (nSPS) is 28.1. The van der Waals surface area contributed by atoms with E-state index in [1.54, 1.807) is 24.5 Å². The predicted octanol–water partition coefficient (Wildman–Crippen LogP) is 3.87. The van der Waals surface area contributed by atoms with Gasteiger partial charge in [0.2, 0.25) is 0 Å². The summed E-state index contributed by atoms with van der Waals surface area (Å²) in [5.74, 6) is 0.857. The van der Waals surface area contributed by atoms with Crippen LogP contribution < -0.4 is 10.2 Å². The molecule has 0 spiro atoms. The maximum Gasteiger partial charge on any atom is 0.185 e.